The zero-order chi connectivity index (χ0) is 9.97. The van der Waals surface area contributed by atoms with Crippen LogP contribution in [0.3, 0.4) is 0 Å². The third kappa shape index (κ3) is 1.53. The lowest BCUT2D eigenvalue weighted by Crippen LogP contribution is -1.84. The summed E-state index contributed by atoms with van der Waals surface area (Å²) in [5, 5.41) is 2.45. The van der Waals surface area contributed by atoms with Crippen molar-refractivity contribution in [2.45, 2.75) is 5.88 Å². The molecule has 0 saturated carbocycles. The van der Waals surface area contributed by atoms with Gasteiger partial charge in [-0.2, -0.15) is 0 Å². The van der Waals surface area contributed by atoms with Gasteiger partial charge in [0.05, 0.1) is 0 Å². The van der Waals surface area contributed by atoms with Gasteiger partial charge in [0.2, 0.25) is 0 Å². The lowest BCUT2D eigenvalue weighted by molar-refractivity contribution is 1.44. The van der Waals surface area contributed by atoms with E-state index in [-0.39, 0.29) is 0 Å². The van der Waals surface area contributed by atoms with Gasteiger partial charge in [0.15, 0.2) is 0 Å². The SMILES string of the molecule is C=Cc1cc(CCl)c2ccccc2c1. The molecule has 0 spiro atoms. The maximum absolute atomic E-state index is 5.90. The molecule has 70 valence electrons. The Hall–Kier alpha value is -1.27. The number of benzene rings is 2. The molecule has 2 aromatic carbocycles. The second kappa shape index (κ2) is 3.85. The Kier molecular flexibility index (Phi) is 2.55. The number of hydrogen-bond acceptors (Lipinski definition) is 0. The van der Waals surface area contributed by atoms with E-state index in [1.807, 2.05) is 18.2 Å². The van der Waals surface area contributed by atoms with Crippen LogP contribution in [0.5, 0.6) is 0 Å². The summed E-state index contributed by atoms with van der Waals surface area (Å²) in [6.07, 6.45) is 1.85. The molecule has 0 N–H and O–H groups in total. The third-order valence-corrected chi connectivity index (χ3v) is 2.64. The molecule has 14 heavy (non-hydrogen) atoms. The monoisotopic (exact) mass is 202 g/mol. The lowest BCUT2D eigenvalue weighted by Gasteiger charge is -2.05. The molecule has 0 heterocycles. The van der Waals surface area contributed by atoms with Crippen molar-refractivity contribution in [1.82, 2.24) is 0 Å². The summed E-state index contributed by atoms with van der Waals surface area (Å²) >= 11 is 5.90. The first kappa shape index (κ1) is 9.29. The molecule has 0 amide bonds. The van der Waals surface area contributed by atoms with Gasteiger partial charge < -0.3 is 0 Å². The maximum atomic E-state index is 5.90. The highest BCUT2D eigenvalue weighted by atomic mass is 35.5. The highest BCUT2D eigenvalue weighted by Gasteiger charge is 2.00. The highest BCUT2D eigenvalue weighted by Crippen LogP contribution is 2.22. The predicted molar refractivity (Wildman–Crippen MR) is 63.6 cm³/mol. The standard InChI is InChI=1S/C13H11Cl/c1-2-10-7-11-5-3-4-6-13(11)12(8-10)9-14/h2-8H,1,9H2. The van der Waals surface area contributed by atoms with Crippen LogP contribution in [0.25, 0.3) is 16.8 Å². The van der Waals surface area contributed by atoms with Crippen LogP contribution in [0.2, 0.25) is 0 Å². The predicted octanol–water partition coefficient (Wildman–Crippen LogP) is 4.22. The van der Waals surface area contributed by atoms with Gasteiger partial charge in [0.25, 0.3) is 0 Å². The second-order valence-corrected chi connectivity index (χ2v) is 3.51. The summed E-state index contributed by atoms with van der Waals surface area (Å²) in [6.45, 7) is 3.77. The Morgan fingerprint density at radius 1 is 1.21 bits per heavy atom. The van der Waals surface area contributed by atoms with Crippen molar-refractivity contribution in [2.75, 3.05) is 0 Å². The molecule has 0 saturated heterocycles. The van der Waals surface area contributed by atoms with Crippen molar-refractivity contribution in [2.24, 2.45) is 0 Å². The van der Waals surface area contributed by atoms with Gasteiger partial charge in [-0.05, 0) is 34.0 Å². The smallest absolute Gasteiger partial charge is 0.0480 e. The minimum Gasteiger partial charge on any atom is -0.122 e. The molecule has 0 radical (unpaired) electrons. The number of fused-ring (bicyclic) bond motifs is 1. The van der Waals surface area contributed by atoms with E-state index >= 15 is 0 Å². The van der Waals surface area contributed by atoms with E-state index in [0.29, 0.717) is 5.88 Å². The first-order chi connectivity index (χ1) is 6.85. The normalized spacial score (nSPS) is 10.4. The summed E-state index contributed by atoms with van der Waals surface area (Å²) in [5.74, 6) is 0.544. The van der Waals surface area contributed by atoms with Gasteiger partial charge in [0, 0.05) is 5.88 Å². The molecular weight excluding hydrogens is 192 g/mol. The Morgan fingerprint density at radius 3 is 2.71 bits per heavy atom. The molecule has 1 heteroatoms. The van der Waals surface area contributed by atoms with Crippen LogP contribution in [0.4, 0.5) is 0 Å². The zero-order valence-electron chi connectivity index (χ0n) is 7.83. The number of rotatable bonds is 2. The summed E-state index contributed by atoms with van der Waals surface area (Å²) in [5.41, 5.74) is 2.29. The first-order valence-electron chi connectivity index (χ1n) is 4.55. The van der Waals surface area contributed by atoms with E-state index in [4.69, 9.17) is 11.6 Å². The van der Waals surface area contributed by atoms with E-state index in [9.17, 15) is 0 Å². The molecule has 0 atom stereocenters. The average molecular weight is 203 g/mol. The van der Waals surface area contributed by atoms with Crippen LogP contribution >= 0.6 is 11.6 Å². The number of halogens is 1. The van der Waals surface area contributed by atoms with Crippen LogP contribution < -0.4 is 0 Å². The summed E-state index contributed by atoms with van der Waals surface area (Å²) in [7, 11) is 0. The van der Waals surface area contributed by atoms with Crippen LogP contribution in [-0.2, 0) is 5.88 Å². The molecule has 0 aliphatic heterocycles. The van der Waals surface area contributed by atoms with Gasteiger partial charge in [-0.1, -0.05) is 36.9 Å². The topological polar surface area (TPSA) is 0 Å². The van der Waals surface area contributed by atoms with E-state index < -0.39 is 0 Å². The van der Waals surface area contributed by atoms with E-state index in [2.05, 4.69) is 30.8 Å². The van der Waals surface area contributed by atoms with Crippen LogP contribution in [-0.4, -0.2) is 0 Å². The Labute approximate surface area is 88.8 Å². The highest BCUT2D eigenvalue weighted by molar-refractivity contribution is 6.18. The fraction of sp³-hybridized carbons (Fsp3) is 0.0769. The van der Waals surface area contributed by atoms with Gasteiger partial charge in [0.1, 0.15) is 0 Å². The summed E-state index contributed by atoms with van der Waals surface area (Å²) in [4.78, 5) is 0. The number of hydrogen-bond donors (Lipinski definition) is 0. The van der Waals surface area contributed by atoms with Crippen molar-refractivity contribution in [3.05, 3.63) is 54.1 Å². The van der Waals surface area contributed by atoms with E-state index in [1.165, 1.54) is 16.3 Å². The first-order valence-corrected chi connectivity index (χ1v) is 5.08. The molecule has 0 aromatic heterocycles. The molecule has 0 aliphatic rings. The Morgan fingerprint density at radius 2 is 2.00 bits per heavy atom. The molecule has 0 aliphatic carbocycles. The average Bonchev–Trinajstić information content (AvgIpc) is 2.27. The molecule has 0 bridgehead atoms. The molecular formula is C13H11Cl. The molecule has 2 aromatic rings. The van der Waals surface area contributed by atoms with Gasteiger partial charge >= 0.3 is 0 Å². The zero-order valence-corrected chi connectivity index (χ0v) is 8.59. The molecule has 0 nitrogen and oxygen atoms in total. The second-order valence-electron chi connectivity index (χ2n) is 3.24. The van der Waals surface area contributed by atoms with Crippen molar-refractivity contribution in [3.63, 3.8) is 0 Å². The van der Waals surface area contributed by atoms with Crippen LogP contribution in [0, 0.1) is 0 Å². The Balaban J connectivity index is 2.79. The minimum atomic E-state index is 0.544. The minimum absolute atomic E-state index is 0.544. The maximum Gasteiger partial charge on any atom is 0.0480 e. The molecule has 0 fully saturated rings. The summed E-state index contributed by atoms with van der Waals surface area (Å²) < 4.78 is 0. The fourth-order valence-electron chi connectivity index (χ4n) is 1.64. The molecule has 0 unspecified atom stereocenters. The Bertz CT molecular complexity index is 472. The third-order valence-electron chi connectivity index (χ3n) is 2.35. The van der Waals surface area contributed by atoms with Crippen LogP contribution in [0.1, 0.15) is 11.1 Å². The van der Waals surface area contributed by atoms with Crippen molar-refractivity contribution >= 4 is 28.4 Å². The van der Waals surface area contributed by atoms with Gasteiger partial charge in [-0.15, -0.1) is 11.6 Å². The van der Waals surface area contributed by atoms with Gasteiger partial charge in [-0.3, -0.25) is 0 Å². The largest absolute Gasteiger partial charge is 0.122 e. The van der Waals surface area contributed by atoms with Crippen molar-refractivity contribution < 1.29 is 0 Å². The molecule has 2 rings (SSSR count). The quantitative estimate of drug-likeness (QED) is 0.640. The summed E-state index contributed by atoms with van der Waals surface area (Å²) in [6, 6.07) is 12.5. The number of alkyl halides is 1. The van der Waals surface area contributed by atoms with Gasteiger partial charge in [-0.25, -0.2) is 0 Å². The van der Waals surface area contributed by atoms with Crippen molar-refractivity contribution in [1.29, 1.82) is 0 Å². The van der Waals surface area contributed by atoms with Crippen LogP contribution in [0.15, 0.2) is 43.0 Å². The van der Waals surface area contributed by atoms with Crippen molar-refractivity contribution in [3.8, 4) is 0 Å². The van der Waals surface area contributed by atoms with E-state index in [0.717, 1.165) is 5.56 Å². The fourth-order valence-corrected chi connectivity index (χ4v) is 1.86. The van der Waals surface area contributed by atoms with E-state index in [1.54, 1.807) is 0 Å². The lowest BCUT2D eigenvalue weighted by atomic mass is 10.0.